The summed E-state index contributed by atoms with van der Waals surface area (Å²) in [6.07, 6.45) is 27.7. The Balaban J connectivity index is 3.72. The molecule has 0 heterocycles. The molecular formula is C23H33FO2. The van der Waals surface area contributed by atoms with Gasteiger partial charge in [0.15, 0.2) is 0 Å². The molecule has 0 N–H and O–H groups in total. The van der Waals surface area contributed by atoms with Crippen molar-refractivity contribution in [1.29, 1.82) is 0 Å². The van der Waals surface area contributed by atoms with E-state index >= 15 is 0 Å². The zero-order valence-corrected chi connectivity index (χ0v) is 16.1. The number of allylic oxidation sites excluding steroid dienone is 12. The summed E-state index contributed by atoms with van der Waals surface area (Å²) in [6.45, 7) is 2.13. The van der Waals surface area contributed by atoms with Crippen molar-refractivity contribution in [2.75, 3.05) is 7.11 Å². The van der Waals surface area contributed by atoms with Gasteiger partial charge in [-0.3, -0.25) is 4.79 Å². The number of hydrogen-bond donors (Lipinski definition) is 0. The van der Waals surface area contributed by atoms with E-state index in [9.17, 15) is 9.18 Å². The largest absolute Gasteiger partial charge is 0.469 e. The van der Waals surface area contributed by atoms with Crippen LogP contribution in [0.3, 0.4) is 0 Å². The van der Waals surface area contributed by atoms with Crippen LogP contribution in [0.15, 0.2) is 72.9 Å². The Hall–Kier alpha value is -2.16. The SMILES string of the molecule is CC/C=C\C/C=C\C/C=C\C/C=C\CC(F)/C=C/C=C/CCC(=O)OC. The maximum Gasteiger partial charge on any atom is 0.305 e. The molecule has 0 aromatic heterocycles. The number of carbonyl (C=O) groups excluding carboxylic acids is 1. The molecule has 0 amide bonds. The number of ether oxygens (including phenoxy) is 1. The first-order valence-electron chi connectivity index (χ1n) is 9.34. The smallest absolute Gasteiger partial charge is 0.305 e. The molecule has 1 unspecified atom stereocenters. The van der Waals surface area contributed by atoms with E-state index in [1.54, 1.807) is 12.2 Å². The Kier molecular flexibility index (Phi) is 17.6. The van der Waals surface area contributed by atoms with E-state index in [1.807, 2.05) is 18.2 Å². The van der Waals surface area contributed by atoms with E-state index in [1.165, 1.54) is 13.2 Å². The third-order valence-electron chi connectivity index (χ3n) is 3.39. The summed E-state index contributed by atoms with van der Waals surface area (Å²) < 4.78 is 18.2. The second kappa shape index (κ2) is 19.2. The predicted octanol–water partition coefficient (Wildman–Crippen LogP) is 6.59. The summed E-state index contributed by atoms with van der Waals surface area (Å²) >= 11 is 0. The van der Waals surface area contributed by atoms with E-state index in [2.05, 4.69) is 48.1 Å². The van der Waals surface area contributed by atoms with Gasteiger partial charge in [-0.25, -0.2) is 4.39 Å². The average Bonchev–Trinajstić information content (AvgIpc) is 2.65. The Morgan fingerprint density at radius 1 is 0.885 bits per heavy atom. The first-order valence-corrected chi connectivity index (χ1v) is 9.34. The number of halogens is 1. The zero-order valence-electron chi connectivity index (χ0n) is 16.1. The second-order valence-corrected chi connectivity index (χ2v) is 5.68. The molecule has 26 heavy (non-hydrogen) atoms. The average molecular weight is 361 g/mol. The normalized spacial score (nSPS) is 14.1. The van der Waals surface area contributed by atoms with Crippen molar-refractivity contribution in [2.24, 2.45) is 0 Å². The Morgan fingerprint density at radius 3 is 2.04 bits per heavy atom. The van der Waals surface area contributed by atoms with Crippen molar-refractivity contribution in [2.45, 2.75) is 58.0 Å². The molecule has 0 aliphatic rings. The quantitative estimate of drug-likeness (QED) is 0.198. The highest BCUT2D eigenvalue weighted by molar-refractivity contribution is 5.69. The molecule has 0 bridgehead atoms. The van der Waals surface area contributed by atoms with Crippen LogP contribution in [0.4, 0.5) is 4.39 Å². The van der Waals surface area contributed by atoms with Crippen LogP contribution < -0.4 is 0 Å². The lowest BCUT2D eigenvalue weighted by molar-refractivity contribution is -0.140. The molecule has 0 saturated carbocycles. The molecule has 0 rings (SSSR count). The number of rotatable bonds is 14. The number of hydrogen-bond acceptors (Lipinski definition) is 2. The lowest BCUT2D eigenvalue weighted by atomic mass is 10.2. The molecule has 0 aromatic rings. The monoisotopic (exact) mass is 360 g/mol. The van der Waals surface area contributed by atoms with Gasteiger partial charge in [-0.05, 0) is 32.1 Å². The van der Waals surface area contributed by atoms with E-state index in [4.69, 9.17) is 0 Å². The highest BCUT2D eigenvalue weighted by Gasteiger charge is 1.96. The molecule has 2 nitrogen and oxygen atoms in total. The van der Waals surface area contributed by atoms with Gasteiger partial charge in [-0.15, -0.1) is 0 Å². The summed E-state index contributed by atoms with van der Waals surface area (Å²) in [5.74, 6) is -0.235. The van der Waals surface area contributed by atoms with Crippen LogP contribution >= 0.6 is 0 Å². The van der Waals surface area contributed by atoms with E-state index < -0.39 is 6.17 Å². The Labute approximate surface area is 158 Å². The van der Waals surface area contributed by atoms with Gasteiger partial charge in [0.1, 0.15) is 6.17 Å². The number of methoxy groups -OCH3 is 1. The molecule has 3 heteroatoms. The summed E-state index contributed by atoms with van der Waals surface area (Å²) in [7, 11) is 1.37. The lowest BCUT2D eigenvalue weighted by Gasteiger charge is -1.96. The third-order valence-corrected chi connectivity index (χ3v) is 3.39. The molecule has 0 spiro atoms. The van der Waals surface area contributed by atoms with Crippen LogP contribution in [0.2, 0.25) is 0 Å². The molecule has 0 fully saturated rings. The fraction of sp³-hybridized carbons (Fsp3) is 0.435. The fourth-order valence-corrected chi connectivity index (χ4v) is 1.95. The molecule has 0 aliphatic carbocycles. The van der Waals surface area contributed by atoms with Crippen LogP contribution in [0.1, 0.15) is 51.9 Å². The van der Waals surface area contributed by atoms with Crippen molar-refractivity contribution >= 4 is 5.97 Å². The maximum atomic E-state index is 13.6. The first-order chi connectivity index (χ1) is 12.7. The van der Waals surface area contributed by atoms with E-state index in [0.717, 1.165) is 25.7 Å². The Bertz CT molecular complexity index is 510. The molecule has 0 radical (unpaired) electrons. The van der Waals surface area contributed by atoms with Crippen LogP contribution in [0.25, 0.3) is 0 Å². The summed E-state index contributed by atoms with van der Waals surface area (Å²) in [4.78, 5) is 10.9. The van der Waals surface area contributed by atoms with Crippen LogP contribution in [-0.4, -0.2) is 19.3 Å². The Morgan fingerprint density at radius 2 is 1.46 bits per heavy atom. The topological polar surface area (TPSA) is 26.3 Å². The zero-order chi connectivity index (χ0) is 19.3. The number of esters is 1. The third kappa shape index (κ3) is 18.2. The molecular weight excluding hydrogens is 327 g/mol. The van der Waals surface area contributed by atoms with Crippen LogP contribution in [0.5, 0.6) is 0 Å². The lowest BCUT2D eigenvalue weighted by Crippen LogP contribution is -1.97. The van der Waals surface area contributed by atoms with Crippen molar-refractivity contribution < 1.29 is 13.9 Å². The van der Waals surface area contributed by atoms with Gasteiger partial charge in [0.2, 0.25) is 0 Å². The van der Waals surface area contributed by atoms with Gasteiger partial charge in [0.05, 0.1) is 7.11 Å². The number of carbonyl (C=O) groups is 1. The second-order valence-electron chi connectivity index (χ2n) is 5.68. The van der Waals surface area contributed by atoms with Gasteiger partial charge in [-0.2, -0.15) is 0 Å². The fourth-order valence-electron chi connectivity index (χ4n) is 1.95. The first kappa shape index (κ1) is 23.8. The molecule has 1 atom stereocenters. The van der Waals surface area contributed by atoms with Crippen molar-refractivity contribution in [1.82, 2.24) is 0 Å². The predicted molar refractivity (Wildman–Crippen MR) is 110 cm³/mol. The minimum absolute atomic E-state index is 0.235. The highest BCUT2D eigenvalue weighted by Crippen LogP contribution is 2.03. The van der Waals surface area contributed by atoms with E-state index in [-0.39, 0.29) is 5.97 Å². The summed E-state index contributed by atoms with van der Waals surface area (Å²) in [5.41, 5.74) is 0. The van der Waals surface area contributed by atoms with Crippen LogP contribution in [0, 0.1) is 0 Å². The van der Waals surface area contributed by atoms with Gasteiger partial charge >= 0.3 is 5.97 Å². The highest BCUT2D eigenvalue weighted by atomic mass is 19.1. The minimum Gasteiger partial charge on any atom is -0.469 e. The standard InChI is InChI=1S/C23H33FO2/c1-3-4-5-6-7-8-9-10-11-12-13-16-19-22(24)20-17-14-15-18-21-23(25)26-2/h4-5,7-8,10-11,13-17,20,22H,3,6,9,12,18-19,21H2,1-2H3/b5-4-,8-7-,11-10-,15-14+,16-13-,20-17+. The number of alkyl halides is 1. The molecule has 0 saturated heterocycles. The van der Waals surface area contributed by atoms with Crippen LogP contribution in [-0.2, 0) is 9.53 Å². The van der Waals surface area contributed by atoms with Gasteiger partial charge in [0.25, 0.3) is 0 Å². The summed E-state index contributed by atoms with van der Waals surface area (Å²) in [5, 5.41) is 0. The maximum absolute atomic E-state index is 13.6. The molecule has 0 aromatic carbocycles. The summed E-state index contributed by atoms with van der Waals surface area (Å²) in [6, 6.07) is 0. The molecule has 0 aliphatic heterocycles. The van der Waals surface area contributed by atoms with E-state index in [0.29, 0.717) is 19.3 Å². The van der Waals surface area contributed by atoms with Crippen molar-refractivity contribution in [3.05, 3.63) is 72.9 Å². The van der Waals surface area contributed by atoms with Gasteiger partial charge in [0, 0.05) is 12.8 Å². The minimum atomic E-state index is -0.986. The van der Waals surface area contributed by atoms with Gasteiger partial charge in [-0.1, -0.05) is 79.8 Å². The van der Waals surface area contributed by atoms with Crippen molar-refractivity contribution in [3.8, 4) is 0 Å². The van der Waals surface area contributed by atoms with Crippen molar-refractivity contribution in [3.63, 3.8) is 0 Å². The molecule has 144 valence electrons. The van der Waals surface area contributed by atoms with Gasteiger partial charge < -0.3 is 4.74 Å².